The van der Waals surface area contributed by atoms with Crippen LogP contribution in [-0.4, -0.2) is 17.8 Å². The molecular weight excluding hydrogens is 671 g/mol. The van der Waals surface area contributed by atoms with Gasteiger partial charge in [-0.25, -0.2) is 9.98 Å². The molecule has 55 heavy (non-hydrogen) atoms. The van der Waals surface area contributed by atoms with E-state index in [4.69, 9.17) is 14.4 Å². The molecule has 2 unspecified atom stereocenters. The van der Waals surface area contributed by atoms with Gasteiger partial charge < -0.3 is 9.73 Å². The van der Waals surface area contributed by atoms with Gasteiger partial charge in [0.1, 0.15) is 22.8 Å². The molecule has 1 N–H and O–H groups in total. The van der Waals surface area contributed by atoms with Crippen LogP contribution in [0.25, 0.3) is 54.6 Å². The fourth-order valence-corrected chi connectivity index (χ4v) is 8.87. The van der Waals surface area contributed by atoms with Crippen LogP contribution in [0.5, 0.6) is 0 Å². The molecule has 2 aliphatic carbocycles. The van der Waals surface area contributed by atoms with Crippen LogP contribution in [0.1, 0.15) is 41.9 Å². The number of allylic oxidation sites excluding steroid dienone is 4. The zero-order valence-electron chi connectivity index (χ0n) is 30.2. The number of para-hydroxylation sites is 1. The van der Waals surface area contributed by atoms with Crippen molar-refractivity contribution >= 4 is 55.2 Å². The quantitative estimate of drug-likeness (QED) is 0.194. The van der Waals surface area contributed by atoms with Crippen LogP contribution in [0.15, 0.2) is 201 Å². The minimum absolute atomic E-state index is 0.176. The molecular formula is C51H37N3O. The number of aliphatic imine (C=N–C) groups is 2. The van der Waals surface area contributed by atoms with Gasteiger partial charge in [0.05, 0.1) is 0 Å². The van der Waals surface area contributed by atoms with Gasteiger partial charge in [-0.15, -0.1) is 0 Å². The smallest absolute Gasteiger partial charge is 0.169 e. The second-order valence-electron chi connectivity index (χ2n) is 14.8. The largest absolute Gasteiger partial charge is 0.456 e. The third-order valence-electron chi connectivity index (χ3n) is 11.6. The Morgan fingerprint density at radius 3 is 2.05 bits per heavy atom. The van der Waals surface area contributed by atoms with Crippen molar-refractivity contribution in [3.8, 4) is 11.1 Å². The van der Waals surface area contributed by atoms with E-state index in [-0.39, 0.29) is 12.1 Å². The first-order valence-electron chi connectivity index (χ1n) is 19.3. The summed E-state index contributed by atoms with van der Waals surface area (Å²) >= 11 is 0. The molecule has 7 aromatic carbocycles. The number of rotatable bonds is 5. The molecule has 0 saturated carbocycles. The van der Waals surface area contributed by atoms with Gasteiger partial charge in [-0.1, -0.05) is 140 Å². The fourth-order valence-electron chi connectivity index (χ4n) is 8.87. The Balaban J connectivity index is 1.04. The van der Waals surface area contributed by atoms with E-state index in [1.807, 2.05) is 6.07 Å². The van der Waals surface area contributed by atoms with Crippen LogP contribution in [0.2, 0.25) is 0 Å². The number of nitrogens with one attached hydrogen (secondary N) is 1. The summed E-state index contributed by atoms with van der Waals surface area (Å²) in [5.74, 6) is 1.86. The van der Waals surface area contributed by atoms with Crippen LogP contribution in [0.3, 0.4) is 0 Å². The van der Waals surface area contributed by atoms with E-state index in [0.717, 1.165) is 58.6 Å². The molecule has 3 aliphatic rings. The zero-order valence-corrected chi connectivity index (χ0v) is 30.2. The van der Waals surface area contributed by atoms with Crippen molar-refractivity contribution in [1.29, 1.82) is 0 Å². The molecule has 0 bridgehead atoms. The third-order valence-corrected chi connectivity index (χ3v) is 11.6. The maximum atomic E-state index is 6.63. The van der Waals surface area contributed by atoms with E-state index in [9.17, 15) is 0 Å². The van der Waals surface area contributed by atoms with Crippen molar-refractivity contribution < 1.29 is 4.42 Å². The Hall–Kier alpha value is -6.78. The van der Waals surface area contributed by atoms with Gasteiger partial charge >= 0.3 is 0 Å². The summed E-state index contributed by atoms with van der Waals surface area (Å²) in [7, 11) is 0. The van der Waals surface area contributed by atoms with Crippen molar-refractivity contribution in [3.05, 3.63) is 203 Å². The number of benzene rings is 7. The van der Waals surface area contributed by atoms with Crippen molar-refractivity contribution in [2.24, 2.45) is 9.98 Å². The number of amidine groups is 2. The monoisotopic (exact) mass is 707 g/mol. The molecule has 262 valence electrons. The predicted molar refractivity (Wildman–Crippen MR) is 228 cm³/mol. The van der Waals surface area contributed by atoms with Crippen molar-refractivity contribution in [1.82, 2.24) is 5.32 Å². The SMILES string of the molecule is C1=CC2=C(CC1)C(C1N=C(c3ccccc3)NC(c3ccc4ccccc4c3)=N1)=CCC2c1cc(-c2ccc3ccccc3c2)c2c(c1)oc1ccccc12. The van der Waals surface area contributed by atoms with E-state index in [1.54, 1.807) is 0 Å². The highest BCUT2D eigenvalue weighted by atomic mass is 16.3. The normalized spacial score (nSPS) is 18.3. The Labute approximate surface area is 319 Å². The molecule has 1 aliphatic heterocycles. The fraction of sp³-hybridized carbons (Fsp3) is 0.0980. The van der Waals surface area contributed by atoms with Gasteiger partial charge in [-0.05, 0) is 105 Å². The molecule has 0 saturated heterocycles. The predicted octanol–water partition coefficient (Wildman–Crippen LogP) is 12.4. The average molecular weight is 708 g/mol. The summed E-state index contributed by atoms with van der Waals surface area (Å²) in [4.78, 5) is 10.7. The highest BCUT2D eigenvalue weighted by molar-refractivity contribution is 6.17. The van der Waals surface area contributed by atoms with Crippen molar-refractivity contribution in [2.45, 2.75) is 31.3 Å². The molecule has 4 heteroatoms. The van der Waals surface area contributed by atoms with Crippen LogP contribution >= 0.6 is 0 Å². The minimum atomic E-state index is -0.360. The van der Waals surface area contributed by atoms with E-state index < -0.39 is 0 Å². The molecule has 0 fully saturated rings. The molecule has 0 amide bonds. The first kappa shape index (κ1) is 31.7. The summed E-state index contributed by atoms with van der Waals surface area (Å²) in [5.41, 5.74) is 11.6. The second kappa shape index (κ2) is 13.0. The second-order valence-corrected chi connectivity index (χ2v) is 14.8. The van der Waals surface area contributed by atoms with Crippen LogP contribution < -0.4 is 5.32 Å². The van der Waals surface area contributed by atoms with Crippen molar-refractivity contribution in [3.63, 3.8) is 0 Å². The maximum absolute atomic E-state index is 6.63. The van der Waals surface area contributed by atoms with E-state index in [2.05, 4.69) is 169 Å². The lowest BCUT2D eigenvalue weighted by Gasteiger charge is -2.33. The van der Waals surface area contributed by atoms with Gasteiger partial charge in [0, 0.05) is 27.8 Å². The molecule has 2 atom stereocenters. The standard InChI is InChI=1S/C51H37N3O/c1-2-14-34(15-3-1)49-52-50(38-25-23-33-13-5-7-17-36(33)29-38)54-51(53-49)43-27-26-40(41-18-8-9-19-42(41)43)39-30-45(37-24-22-32-12-4-6-16-35(32)28-37)48-44-20-10-11-21-46(44)55-47(48)31-39/h1-8,10-18,20-25,27-31,40,51H,9,19,26H2,(H,52,53,54). The van der Waals surface area contributed by atoms with Gasteiger partial charge in [-0.2, -0.15) is 0 Å². The van der Waals surface area contributed by atoms with E-state index in [1.165, 1.54) is 60.3 Å². The first-order chi connectivity index (χ1) is 27.2. The van der Waals surface area contributed by atoms with Crippen LogP contribution in [-0.2, 0) is 0 Å². The molecule has 0 radical (unpaired) electrons. The lowest BCUT2D eigenvalue weighted by atomic mass is 9.74. The number of furan rings is 1. The van der Waals surface area contributed by atoms with E-state index in [0.29, 0.717) is 0 Å². The maximum Gasteiger partial charge on any atom is 0.169 e. The van der Waals surface area contributed by atoms with Crippen LogP contribution in [0, 0.1) is 0 Å². The topological polar surface area (TPSA) is 49.9 Å². The first-order valence-corrected chi connectivity index (χ1v) is 19.3. The molecule has 4 nitrogen and oxygen atoms in total. The lowest BCUT2D eigenvalue weighted by Crippen LogP contribution is -2.38. The Kier molecular flexibility index (Phi) is 7.48. The molecule has 0 spiro atoms. The molecule has 11 rings (SSSR count). The molecule has 8 aromatic rings. The Morgan fingerprint density at radius 2 is 1.25 bits per heavy atom. The Bertz CT molecular complexity index is 3000. The lowest BCUT2D eigenvalue weighted by molar-refractivity contribution is 0.665. The summed E-state index contributed by atoms with van der Waals surface area (Å²) in [6, 6.07) is 54.0. The molecule has 2 heterocycles. The van der Waals surface area contributed by atoms with Gasteiger partial charge in [0.2, 0.25) is 0 Å². The number of hydrogen-bond donors (Lipinski definition) is 1. The zero-order chi connectivity index (χ0) is 36.3. The highest BCUT2D eigenvalue weighted by Crippen LogP contribution is 2.47. The highest BCUT2D eigenvalue weighted by Gasteiger charge is 2.32. The number of fused-ring (bicyclic) bond motifs is 5. The third kappa shape index (κ3) is 5.52. The van der Waals surface area contributed by atoms with Gasteiger partial charge in [0.15, 0.2) is 6.17 Å². The summed E-state index contributed by atoms with van der Waals surface area (Å²) < 4.78 is 6.63. The summed E-state index contributed by atoms with van der Waals surface area (Å²) in [6.45, 7) is 0. The molecule has 1 aromatic heterocycles. The summed E-state index contributed by atoms with van der Waals surface area (Å²) in [6.07, 6.45) is 9.57. The number of nitrogens with zero attached hydrogens (tertiary/aromatic N) is 2. The minimum Gasteiger partial charge on any atom is -0.456 e. The van der Waals surface area contributed by atoms with Crippen molar-refractivity contribution in [2.75, 3.05) is 0 Å². The summed E-state index contributed by atoms with van der Waals surface area (Å²) in [5, 5.41) is 10.8. The van der Waals surface area contributed by atoms with Crippen LogP contribution in [0.4, 0.5) is 0 Å². The average Bonchev–Trinajstić information content (AvgIpc) is 3.64. The Morgan fingerprint density at radius 1 is 0.582 bits per heavy atom. The van der Waals surface area contributed by atoms with Gasteiger partial charge in [0.25, 0.3) is 0 Å². The number of hydrogen-bond acceptors (Lipinski definition) is 4. The van der Waals surface area contributed by atoms with Gasteiger partial charge in [-0.3, -0.25) is 0 Å². The van der Waals surface area contributed by atoms with E-state index >= 15 is 0 Å².